The van der Waals surface area contributed by atoms with Gasteiger partial charge in [0.15, 0.2) is 0 Å². The number of sulfone groups is 1. The highest BCUT2D eigenvalue weighted by Crippen LogP contribution is 2.29. The molecule has 2 rings (SSSR count). The molecule has 0 aromatic heterocycles. The highest BCUT2D eigenvalue weighted by atomic mass is 32.2. The van der Waals surface area contributed by atoms with Crippen LogP contribution in [0.15, 0.2) is 24.3 Å². The Morgan fingerprint density at radius 2 is 2.11 bits per heavy atom. The van der Waals surface area contributed by atoms with Gasteiger partial charge in [0.1, 0.15) is 9.84 Å². The Balaban J connectivity index is 2.07. The highest BCUT2D eigenvalue weighted by Gasteiger charge is 2.22. The summed E-state index contributed by atoms with van der Waals surface area (Å²) in [6, 6.07) is 8.74. The number of hydrogen-bond donors (Lipinski definition) is 1. The summed E-state index contributed by atoms with van der Waals surface area (Å²) >= 11 is 0. The van der Waals surface area contributed by atoms with Gasteiger partial charge in [-0.2, -0.15) is 0 Å². The molecule has 100 valence electrons. The zero-order chi connectivity index (χ0) is 13.2. The van der Waals surface area contributed by atoms with Crippen LogP contribution in [-0.4, -0.2) is 26.5 Å². The summed E-state index contributed by atoms with van der Waals surface area (Å²) in [7, 11) is -2.91. The molecule has 1 aromatic carbocycles. The van der Waals surface area contributed by atoms with Crippen molar-refractivity contribution in [2.75, 3.05) is 12.0 Å². The molecule has 0 fully saturated rings. The molecular weight excluding hydrogens is 246 g/mol. The van der Waals surface area contributed by atoms with Crippen LogP contribution in [0.25, 0.3) is 0 Å². The van der Waals surface area contributed by atoms with Crippen LogP contribution < -0.4 is 5.32 Å². The zero-order valence-corrected chi connectivity index (χ0v) is 11.8. The fraction of sp³-hybridized carbons (Fsp3) is 0.571. The van der Waals surface area contributed by atoms with E-state index in [4.69, 9.17) is 0 Å². The Labute approximate surface area is 110 Å². The van der Waals surface area contributed by atoms with Gasteiger partial charge in [-0.3, -0.25) is 0 Å². The van der Waals surface area contributed by atoms with E-state index < -0.39 is 9.84 Å². The monoisotopic (exact) mass is 267 g/mol. The molecule has 0 amide bonds. The molecule has 0 heterocycles. The lowest BCUT2D eigenvalue weighted by atomic mass is 9.87. The minimum Gasteiger partial charge on any atom is -0.306 e. The van der Waals surface area contributed by atoms with Crippen molar-refractivity contribution >= 4 is 9.84 Å². The molecule has 2 atom stereocenters. The normalized spacial score (nSPS) is 21.3. The Kier molecular flexibility index (Phi) is 4.07. The third-order valence-electron chi connectivity index (χ3n) is 3.41. The Hall–Kier alpha value is -0.870. The van der Waals surface area contributed by atoms with Gasteiger partial charge in [0.2, 0.25) is 0 Å². The third kappa shape index (κ3) is 3.56. The fourth-order valence-electron chi connectivity index (χ4n) is 2.77. The van der Waals surface area contributed by atoms with Crippen molar-refractivity contribution in [3.63, 3.8) is 0 Å². The maximum Gasteiger partial charge on any atom is 0.148 e. The van der Waals surface area contributed by atoms with Crippen LogP contribution in [-0.2, 0) is 16.3 Å². The number of hydrogen-bond acceptors (Lipinski definition) is 3. The second-order valence-corrected chi connectivity index (χ2v) is 7.49. The van der Waals surface area contributed by atoms with E-state index in [2.05, 4.69) is 29.6 Å². The minimum atomic E-state index is -2.91. The standard InChI is InChI=1S/C14H21NO2S/c1-11(10-18(2,16)17)15-14-9-5-7-12-6-3-4-8-13(12)14/h3-4,6,8,11,14-15H,5,7,9-10H2,1-2H3/t11-,14+/m1/s1. The van der Waals surface area contributed by atoms with Crippen LogP contribution in [0.4, 0.5) is 0 Å². The second-order valence-electron chi connectivity index (χ2n) is 5.30. The maximum absolute atomic E-state index is 11.3. The Morgan fingerprint density at radius 3 is 2.83 bits per heavy atom. The molecule has 4 heteroatoms. The molecule has 3 nitrogen and oxygen atoms in total. The van der Waals surface area contributed by atoms with Crippen LogP contribution in [0.3, 0.4) is 0 Å². The van der Waals surface area contributed by atoms with E-state index in [-0.39, 0.29) is 11.8 Å². The third-order valence-corrected chi connectivity index (χ3v) is 4.51. The van der Waals surface area contributed by atoms with Crippen molar-refractivity contribution in [2.45, 2.75) is 38.3 Å². The molecular formula is C14H21NO2S. The zero-order valence-electron chi connectivity index (χ0n) is 11.0. The van der Waals surface area contributed by atoms with Gasteiger partial charge in [0, 0.05) is 18.3 Å². The molecule has 0 unspecified atom stereocenters. The first-order valence-corrected chi connectivity index (χ1v) is 8.53. The van der Waals surface area contributed by atoms with E-state index >= 15 is 0 Å². The predicted molar refractivity (Wildman–Crippen MR) is 74.4 cm³/mol. The number of fused-ring (bicyclic) bond motifs is 1. The van der Waals surface area contributed by atoms with Gasteiger partial charge in [-0.1, -0.05) is 24.3 Å². The topological polar surface area (TPSA) is 46.2 Å². The summed E-state index contributed by atoms with van der Waals surface area (Å²) in [5, 5.41) is 3.45. The quantitative estimate of drug-likeness (QED) is 0.908. The number of benzene rings is 1. The lowest BCUT2D eigenvalue weighted by Gasteiger charge is -2.29. The summed E-state index contributed by atoms with van der Waals surface area (Å²) in [6.45, 7) is 1.94. The van der Waals surface area contributed by atoms with E-state index in [1.54, 1.807) is 0 Å². The predicted octanol–water partition coefficient (Wildman–Crippen LogP) is 2.09. The highest BCUT2D eigenvalue weighted by molar-refractivity contribution is 7.90. The van der Waals surface area contributed by atoms with Crippen LogP contribution >= 0.6 is 0 Å². The molecule has 0 radical (unpaired) electrons. The summed E-state index contributed by atoms with van der Waals surface area (Å²) < 4.78 is 22.6. The van der Waals surface area contributed by atoms with Crippen molar-refractivity contribution < 1.29 is 8.42 Å². The SMILES string of the molecule is C[C@H](CS(C)(=O)=O)N[C@H]1CCCc2ccccc21. The molecule has 1 aliphatic rings. The fourth-order valence-corrected chi connectivity index (χ4v) is 3.78. The second kappa shape index (κ2) is 5.41. The first-order chi connectivity index (χ1) is 8.46. The van der Waals surface area contributed by atoms with Gasteiger partial charge < -0.3 is 5.32 Å². The first-order valence-electron chi connectivity index (χ1n) is 6.47. The molecule has 1 N–H and O–H groups in total. The molecule has 0 spiro atoms. The maximum atomic E-state index is 11.3. The van der Waals surface area contributed by atoms with Crippen LogP contribution in [0.1, 0.15) is 36.9 Å². The van der Waals surface area contributed by atoms with Crippen LogP contribution in [0.2, 0.25) is 0 Å². The first kappa shape index (κ1) is 13.6. The molecule has 1 aromatic rings. The van der Waals surface area contributed by atoms with Crippen LogP contribution in [0.5, 0.6) is 0 Å². The van der Waals surface area contributed by atoms with Gasteiger partial charge >= 0.3 is 0 Å². The number of rotatable bonds is 4. The molecule has 0 saturated carbocycles. The Morgan fingerprint density at radius 1 is 1.39 bits per heavy atom. The number of aryl methyl sites for hydroxylation is 1. The molecule has 18 heavy (non-hydrogen) atoms. The number of nitrogens with one attached hydrogen (secondary N) is 1. The van der Waals surface area contributed by atoms with E-state index in [1.165, 1.54) is 23.8 Å². The van der Waals surface area contributed by atoms with E-state index in [0.29, 0.717) is 6.04 Å². The summed E-state index contributed by atoms with van der Waals surface area (Å²) in [4.78, 5) is 0. The smallest absolute Gasteiger partial charge is 0.148 e. The average Bonchev–Trinajstić information content (AvgIpc) is 2.27. The van der Waals surface area contributed by atoms with Crippen molar-refractivity contribution in [3.05, 3.63) is 35.4 Å². The average molecular weight is 267 g/mol. The van der Waals surface area contributed by atoms with Gasteiger partial charge in [0.05, 0.1) is 5.75 Å². The summed E-state index contributed by atoms with van der Waals surface area (Å²) in [5.41, 5.74) is 2.73. The summed E-state index contributed by atoms with van der Waals surface area (Å²) in [5.74, 6) is 0.200. The molecule has 0 saturated heterocycles. The van der Waals surface area contributed by atoms with Gasteiger partial charge in [0.25, 0.3) is 0 Å². The van der Waals surface area contributed by atoms with E-state index in [1.807, 2.05) is 6.92 Å². The van der Waals surface area contributed by atoms with Gasteiger partial charge in [-0.25, -0.2) is 8.42 Å². The van der Waals surface area contributed by atoms with E-state index in [0.717, 1.165) is 12.8 Å². The molecule has 0 aliphatic heterocycles. The van der Waals surface area contributed by atoms with Crippen molar-refractivity contribution in [2.24, 2.45) is 0 Å². The molecule has 1 aliphatic carbocycles. The van der Waals surface area contributed by atoms with Crippen molar-refractivity contribution in [1.82, 2.24) is 5.32 Å². The van der Waals surface area contributed by atoms with Crippen molar-refractivity contribution in [1.29, 1.82) is 0 Å². The minimum absolute atomic E-state index is 0.00356. The largest absolute Gasteiger partial charge is 0.306 e. The van der Waals surface area contributed by atoms with Gasteiger partial charge in [-0.15, -0.1) is 0 Å². The Bertz CT molecular complexity index is 510. The van der Waals surface area contributed by atoms with Gasteiger partial charge in [-0.05, 0) is 37.3 Å². The van der Waals surface area contributed by atoms with Crippen LogP contribution in [0, 0.1) is 0 Å². The summed E-state index contributed by atoms with van der Waals surface area (Å²) in [6.07, 6.45) is 4.68. The lowest BCUT2D eigenvalue weighted by Crippen LogP contribution is -2.37. The van der Waals surface area contributed by atoms with Crippen molar-refractivity contribution in [3.8, 4) is 0 Å². The molecule has 0 bridgehead atoms. The van der Waals surface area contributed by atoms with E-state index in [9.17, 15) is 8.42 Å². The lowest BCUT2D eigenvalue weighted by molar-refractivity contribution is 0.423.